The van der Waals surface area contributed by atoms with Gasteiger partial charge in [0.2, 0.25) is 0 Å². The molecule has 0 aliphatic carbocycles. The van der Waals surface area contributed by atoms with E-state index in [2.05, 4.69) is 13.8 Å². The van der Waals surface area contributed by atoms with Crippen LogP contribution in [-0.4, -0.2) is 16.8 Å². The van der Waals surface area contributed by atoms with Gasteiger partial charge in [-0.15, -0.1) is 0 Å². The fourth-order valence-electron chi connectivity index (χ4n) is 0.459. The predicted molar refractivity (Wildman–Crippen MR) is 52.1 cm³/mol. The molecule has 0 fully saturated rings. The lowest BCUT2D eigenvalue weighted by Crippen LogP contribution is -2.22. The van der Waals surface area contributed by atoms with Crippen molar-refractivity contribution in [2.75, 3.05) is 5.75 Å². The Morgan fingerprint density at radius 3 is 2.09 bits per heavy atom. The number of thioether (sulfide) groups is 1. The molecule has 0 rings (SSSR count). The summed E-state index contributed by atoms with van der Waals surface area (Å²) in [5, 5.41) is 0.557. The van der Waals surface area contributed by atoms with Gasteiger partial charge in [0.15, 0.2) is 0 Å². The van der Waals surface area contributed by atoms with Crippen molar-refractivity contribution in [1.29, 1.82) is 0 Å². The van der Waals surface area contributed by atoms with Gasteiger partial charge in [0.05, 0.1) is 5.75 Å². The van der Waals surface area contributed by atoms with Crippen molar-refractivity contribution in [2.45, 2.75) is 39.9 Å². The van der Waals surface area contributed by atoms with E-state index >= 15 is 0 Å². The number of Topliss-reactive ketones (excluding diaryl/α,β-unsaturated/α-hetero) is 1. The average Bonchev–Trinajstić information content (AvgIpc) is 1.80. The van der Waals surface area contributed by atoms with Crippen molar-refractivity contribution >= 4 is 17.5 Å². The Bertz CT molecular complexity index is 133. The summed E-state index contributed by atoms with van der Waals surface area (Å²) in [6.45, 7) is 10.1. The average molecular weight is 174 g/mol. The third kappa shape index (κ3) is 5.31. The molecule has 0 spiro atoms. The zero-order valence-electron chi connectivity index (χ0n) is 8.10. The molecule has 0 aromatic carbocycles. The first-order valence-corrected chi connectivity index (χ1v) is 5.04. The second-order valence-corrected chi connectivity index (χ2v) is 5.60. The fourth-order valence-corrected chi connectivity index (χ4v) is 1.38. The molecule has 1 nitrogen and oxygen atoms in total. The van der Waals surface area contributed by atoms with Crippen LogP contribution < -0.4 is 0 Å². The number of carbonyl (C=O) groups excluding carboxylic acids is 1. The first-order valence-electron chi connectivity index (χ1n) is 3.99. The van der Waals surface area contributed by atoms with Crippen LogP contribution in [0, 0.1) is 5.41 Å². The van der Waals surface area contributed by atoms with E-state index in [1.165, 1.54) is 0 Å². The third-order valence-corrected chi connectivity index (χ3v) is 2.48. The molecule has 0 N–H and O–H groups in total. The maximum absolute atomic E-state index is 11.3. The van der Waals surface area contributed by atoms with E-state index in [-0.39, 0.29) is 5.41 Å². The van der Waals surface area contributed by atoms with Crippen LogP contribution in [0.4, 0.5) is 0 Å². The van der Waals surface area contributed by atoms with Crippen molar-refractivity contribution in [2.24, 2.45) is 5.41 Å². The van der Waals surface area contributed by atoms with Gasteiger partial charge >= 0.3 is 0 Å². The third-order valence-electron chi connectivity index (χ3n) is 1.38. The van der Waals surface area contributed by atoms with E-state index in [0.717, 1.165) is 0 Å². The van der Waals surface area contributed by atoms with Crippen LogP contribution in [0.15, 0.2) is 0 Å². The highest BCUT2D eigenvalue weighted by Crippen LogP contribution is 2.19. The summed E-state index contributed by atoms with van der Waals surface area (Å²) in [7, 11) is 0. The largest absolute Gasteiger partial charge is 0.298 e. The molecule has 0 atom stereocenters. The van der Waals surface area contributed by atoms with Crippen LogP contribution in [0.5, 0.6) is 0 Å². The summed E-state index contributed by atoms with van der Waals surface area (Å²) in [6.07, 6.45) is 0. The number of rotatable bonds is 3. The molecule has 0 aromatic heterocycles. The highest BCUT2D eigenvalue weighted by atomic mass is 32.2. The normalized spacial score (nSPS) is 12.2. The SMILES string of the molecule is CC(C)SCC(=O)C(C)(C)C. The van der Waals surface area contributed by atoms with E-state index in [1.54, 1.807) is 11.8 Å². The van der Waals surface area contributed by atoms with E-state index in [9.17, 15) is 4.79 Å². The Balaban J connectivity index is 3.71. The zero-order chi connectivity index (χ0) is 9.07. The van der Waals surface area contributed by atoms with Crippen molar-refractivity contribution in [1.82, 2.24) is 0 Å². The molecule has 0 saturated heterocycles. The molecular formula is C9H18OS. The van der Waals surface area contributed by atoms with Gasteiger partial charge in [-0.3, -0.25) is 4.79 Å². The predicted octanol–water partition coefficient (Wildman–Crippen LogP) is 2.74. The topological polar surface area (TPSA) is 17.1 Å². The number of hydrogen-bond donors (Lipinski definition) is 0. The maximum atomic E-state index is 11.3. The van der Waals surface area contributed by atoms with Crippen LogP contribution in [-0.2, 0) is 4.79 Å². The quantitative estimate of drug-likeness (QED) is 0.654. The summed E-state index contributed by atoms with van der Waals surface area (Å²) in [5.74, 6) is 0.998. The van der Waals surface area contributed by atoms with Crippen LogP contribution in [0.2, 0.25) is 0 Å². The lowest BCUT2D eigenvalue weighted by molar-refractivity contribution is -0.123. The first-order chi connectivity index (χ1) is 4.84. The van der Waals surface area contributed by atoms with Gasteiger partial charge in [0.25, 0.3) is 0 Å². The second-order valence-electron chi connectivity index (χ2n) is 4.03. The Morgan fingerprint density at radius 2 is 1.82 bits per heavy atom. The highest BCUT2D eigenvalue weighted by molar-refractivity contribution is 8.00. The van der Waals surface area contributed by atoms with E-state index in [0.29, 0.717) is 16.8 Å². The molecule has 0 radical (unpaired) electrons. The minimum Gasteiger partial charge on any atom is -0.298 e. The van der Waals surface area contributed by atoms with E-state index < -0.39 is 0 Å². The molecule has 0 aromatic rings. The summed E-state index contributed by atoms with van der Waals surface area (Å²) < 4.78 is 0. The minimum atomic E-state index is -0.165. The molecular weight excluding hydrogens is 156 g/mol. The Hall–Kier alpha value is 0.0200. The zero-order valence-corrected chi connectivity index (χ0v) is 8.92. The lowest BCUT2D eigenvalue weighted by atomic mass is 9.92. The van der Waals surface area contributed by atoms with Crippen LogP contribution in [0.25, 0.3) is 0 Å². The first kappa shape index (κ1) is 11.0. The molecule has 0 amide bonds. The van der Waals surface area contributed by atoms with Crippen LogP contribution in [0.3, 0.4) is 0 Å². The summed E-state index contributed by atoms with van der Waals surface area (Å²) in [4.78, 5) is 11.3. The van der Waals surface area contributed by atoms with E-state index in [1.807, 2.05) is 20.8 Å². The molecule has 0 saturated carbocycles. The van der Waals surface area contributed by atoms with Crippen LogP contribution in [0.1, 0.15) is 34.6 Å². The molecule has 0 unspecified atom stereocenters. The van der Waals surface area contributed by atoms with Crippen molar-refractivity contribution in [3.05, 3.63) is 0 Å². The lowest BCUT2D eigenvalue weighted by Gasteiger charge is -2.16. The molecule has 0 bridgehead atoms. The van der Waals surface area contributed by atoms with E-state index in [4.69, 9.17) is 0 Å². The molecule has 0 aliphatic heterocycles. The van der Waals surface area contributed by atoms with Crippen LogP contribution >= 0.6 is 11.8 Å². The molecule has 2 heteroatoms. The smallest absolute Gasteiger partial charge is 0.148 e. The Kier molecular flexibility index (Phi) is 4.16. The van der Waals surface area contributed by atoms with Crippen molar-refractivity contribution < 1.29 is 4.79 Å². The monoisotopic (exact) mass is 174 g/mol. The molecule has 11 heavy (non-hydrogen) atoms. The van der Waals surface area contributed by atoms with Gasteiger partial charge in [-0.05, 0) is 5.25 Å². The molecule has 66 valence electrons. The van der Waals surface area contributed by atoms with Gasteiger partial charge in [-0.1, -0.05) is 34.6 Å². The number of hydrogen-bond acceptors (Lipinski definition) is 2. The molecule has 0 heterocycles. The van der Waals surface area contributed by atoms with Gasteiger partial charge in [-0.25, -0.2) is 0 Å². The number of carbonyl (C=O) groups is 1. The highest BCUT2D eigenvalue weighted by Gasteiger charge is 2.20. The van der Waals surface area contributed by atoms with Gasteiger partial charge < -0.3 is 0 Å². The summed E-state index contributed by atoms with van der Waals surface area (Å²) >= 11 is 1.72. The van der Waals surface area contributed by atoms with Gasteiger partial charge in [0.1, 0.15) is 5.78 Å². The molecule has 0 aliphatic rings. The fraction of sp³-hybridized carbons (Fsp3) is 0.889. The minimum absolute atomic E-state index is 0.165. The van der Waals surface area contributed by atoms with Gasteiger partial charge in [0, 0.05) is 5.41 Å². The van der Waals surface area contributed by atoms with Crippen molar-refractivity contribution in [3.8, 4) is 0 Å². The Morgan fingerprint density at radius 1 is 1.36 bits per heavy atom. The number of ketones is 1. The Labute approximate surface area is 73.9 Å². The second kappa shape index (κ2) is 4.15. The maximum Gasteiger partial charge on any atom is 0.148 e. The van der Waals surface area contributed by atoms with Gasteiger partial charge in [-0.2, -0.15) is 11.8 Å². The van der Waals surface area contributed by atoms with Crippen molar-refractivity contribution in [3.63, 3.8) is 0 Å². The standard InChI is InChI=1S/C9H18OS/c1-7(2)11-6-8(10)9(3,4)5/h7H,6H2,1-5H3. The summed E-state index contributed by atoms with van der Waals surface area (Å²) in [5.41, 5.74) is -0.165. The summed E-state index contributed by atoms with van der Waals surface area (Å²) in [6, 6.07) is 0.